The van der Waals surface area contributed by atoms with Crippen molar-refractivity contribution in [3.8, 4) is 0 Å². The van der Waals surface area contributed by atoms with Gasteiger partial charge in [-0.25, -0.2) is 0 Å². The summed E-state index contributed by atoms with van der Waals surface area (Å²) in [6, 6.07) is 16.8. The van der Waals surface area contributed by atoms with E-state index in [2.05, 4.69) is 0 Å². The Hall–Kier alpha value is -3.14. The summed E-state index contributed by atoms with van der Waals surface area (Å²) in [5.74, 6) is -2.43. The summed E-state index contributed by atoms with van der Waals surface area (Å²) in [4.78, 5) is 23.5. The molecule has 0 atom stereocenters. The second-order valence-electron chi connectivity index (χ2n) is 4.52. The molecule has 2 rings (SSSR count). The van der Waals surface area contributed by atoms with Gasteiger partial charge in [-0.1, -0.05) is 60.7 Å². The predicted octanol–water partition coefficient (Wildman–Crippen LogP) is 3.32. The molecule has 0 aromatic heterocycles. The number of carbonyl (C=O) groups excluding carboxylic acids is 2. The molecule has 0 heterocycles. The van der Waals surface area contributed by atoms with Gasteiger partial charge in [0.25, 0.3) is 0 Å². The molecule has 0 aliphatic carbocycles. The molecule has 110 valence electrons. The Morgan fingerprint density at radius 3 is 1.27 bits per heavy atom. The van der Waals surface area contributed by atoms with Crippen molar-refractivity contribution < 1.29 is 19.8 Å². The van der Waals surface area contributed by atoms with Crippen LogP contribution in [-0.2, 0) is 9.59 Å². The zero-order chi connectivity index (χ0) is 15.9. The predicted molar refractivity (Wildman–Crippen MR) is 84.1 cm³/mol. The minimum absolute atomic E-state index is 0.299. The molecule has 2 N–H and O–H groups in total. The molecule has 0 amide bonds. The summed E-state index contributed by atoms with van der Waals surface area (Å²) in [5.41, 5.74) is 0.861. The molecule has 0 bridgehead atoms. The molecule has 0 aliphatic heterocycles. The topological polar surface area (TPSA) is 74.6 Å². The maximum absolute atomic E-state index is 11.8. The lowest BCUT2D eigenvalue weighted by Gasteiger charge is -2.00. The number of hydrogen-bond donors (Lipinski definition) is 2. The maximum atomic E-state index is 11.8. The van der Waals surface area contributed by atoms with Gasteiger partial charge in [-0.3, -0.25) is 9.59 Å². The van der Waals surface area contributed by atoms with E-state index < -0.39 is 11.6 Å². The quantitative estimate of drug-likeness (QED) is 0.504. The standard InChI is InChI=1S/C18H14O4/c19-15(13-7-3-1-4-8-13)11-17(21)18(22)12-16(20)14-9-5-2-6-10-14/h1-12,19-20H/b15-11-,16-12-. The highest BCUT2D eigenvalue weighted by molar-refractivity contribution is 6.47. The Morgan fingerprint density at radius 2 is 0.955 bits per heavy atom. The van der Waals surface area contributed by atoms with E-state index in [0.717, 1.165) is 12.2 Å². The summed E-state index contributed by atoms with van der Waals surface area (Å²) in [6.45, 7) is 0. The van der Waals surface area contributed by atoms with Crippen LogP contribution in [0.1, 0.15) is 11.1 Å². The zero-order valence-corrected chi connectivity index (χ0v) is 11.6. The van der Waals surface area contributed by atoms with Gasteiger partial charge in [-0.05, 0) is 0 Å². The molecular formula is C18H14O4. The number of rotatable bonds is 5. The van der Waals surface area contributed by atoms with Crippen LogP contribution in [0.2, 0.25) is 0 Å². The van der Waals surface area contributed by atoms with Crippen LogP contribution in [0.4, 0.5) is 0 Å². The number of aliphatic hydroxyl groups excluding tert-OH is 2. The first-order valence-corrected chi connectivity index (χ1v) is 6.58. The van der Waals surface area contributed by atoms with Crippen LogP contribution in [-0.4, -0.2) is 21.8 Å². The van der Waals surface area contributed by atoms with E-state index in [1.165, 1.54) is 0 Å². The number of hydrogen-bond acceptors (Lipinski definition) is 4. The number of allylic oxidation sites excluding steroid dienone is 2. The second-order valence-corrected chi connectivity index (χ2v) is 4.52. The fraction of sp³-hybridized carbons (Fsp3) is 0. The highest BCUT2D eigenvalue weighted by atomic mass is 16.3. The molecule has 0 unspecified atom stereocenters. The van der Waals surface area contributed by atoms with Gasteiger partial charge >= 0.3 is 0 Å². The van der Waals surface area contributed by atoms with E-state index in [1.807, 2.05) is 0 Å². The van der Waals surface area contributed by atoms with E-state index >= 15 is 0 Å². The van der Waals surface area contributed by atoms with Crippen LogP contribution in [0.3, 0.4) is 0 Å². The van der Waals surface area contributed by atoms with Gasteiger partial charge in [0.15, 0.2) is 0 Å². The Balaban J connectivity index is 2.15. The first-order valence-electron chi connectivity index (χ1n) is 6.58. The molecule has 0 saturated carbocycles. The summed E-state index contributed by atoms with van der Waals surface area (Å²) in [6.07, 6.45) is 1.68. The first kappa shape index (κ1) is 15.3. The van der Waals surface area contributed by atoms with Crippen molar-refractivity contribution in [1.82, 2.24) is 0 Å². The minimum atomic E-state index is -0.913. The van der Waals surface area contributed by atoms with Crippen LogP contribution in [0.15, 0.2) is 72.8 Å². The lowest BCUT2D eigenvalue weighted by molar-refractivity contribution is -0.130. The molecule has 0 radical (unpaired) electrons. The average molecular weight is 294 g/mol. The Kier molecular flexibility index (Phi) is 4.88. The molecule has 4 heteroatoms. The van der Waals surface area contributed by atoms with Crippen LogP contribution in [0.25, 0.3) is 11.5 Å². The van der Waals surface area contributed by atoms with Crippen LogP contribution >= 0.6 is 0 Å². The molecule has 22 heavy (non-hydrogen) atoms. The fourth-order valence-corrected chi connectivity index (χ4v) is 1.78. The molecule has 0 spiro atoms. The van der Waals surface area contributed by atoms with Gasteiger partial charge in [0.05, 0.1) is 0 Å². The lowest BCUT2D eigenvalue weighted by atomic mass is 10.1. The Morgan fingerprint density at radius 1 is 0.636 bits per heavy atom. The molecule has 4 nitrogen and oxygen atoms in total. The molecule has 2 aromatic rings. The smallest absolute Gasteiger partial charge is 0.229 e. The van der Waals surface area contributed by atoms with Crippen molar-refractivity contribution in [1.29, 1.82) is 0 Å². The first-order chi connectivity index (χ1) is 10.6. The molecular weight excluding hydrogens is 280 g/mol. The number of ketones is 2. The van der Waals surface area contributed by atoms with Crippen LogP contribution < -0.4 is 0 Å². The normalized spacial score (nSPS) is 12.0. The number of carbonyl (C=O) groups is 2. The Bertz CT molecular complexity index is 663. The van der Waals surface area contributed by atoms with Gasteiger partial charge in [0.2, 0.25) is 11.6 Å². The van der Waals surface area contributed by atoms with Crippen LogP contribution in [0, 0.1) is 0 Å². The van der Waals surface area contributed by atoms with Crippen molar-refractivity contribution in [2.75, 3.05) is 0 Å². The second kappa shape index (κ2) is 7.04. The monoisotopic (exact) mass is 294 g/mol. The fourth-order valence-electron chi connectivity index (χ4n) is 1.78. The largest absolute Gasteiger partial charge is 0.507 e. The van der Waals surface area contributed by atoms with E-state index in [4.69, 9.17) is 0 Å². The van der Waals surface area contributed by atoms with Crippen molar-refractivity contribution in [3.63, 3.8) is 0 Å². The summed E-state index contributed by atoms with van der Waals surface area (Å²) >= 11 is 0. The van der Waals surface area contributed by atoms with Crippen molar-refractivity contribution in [3.05, 3.63) is 83.9 Å². The van der Waals surface area contributed by atoms with Gasteiger partial charge in [0.1, 0.15) is 11.5 Å². The van der Waals surface area contributed by atoms with E-state index in [1.54, 1.807) is 60.7 Å². The molecule has 0 fully saturated rings. The third-order valence-corrected chi connectivity index (χ3v) is 2.92. The lowest BCUT2D eigenvalue weighted by Crippen LogP contribution is -2.09. The third-order valence-electron chi connectivity index (χ3n) is 2.92. The average Bonchev–Trinajstić information content (AvgIpc) is 2.56. The number of aliphatic hydroxyl groups is 2. The molecule has 2 aromatic carbocycles. The van der Waals surface area contributed by atoms with Crippen molar-refractivity contribution >= 4 is 23.1 Å². The third kappa shape index (κ3) is 3.93. The Labute approximate surface area is 127 Å². The van der Waals surface area contributed by atoms with Crippen molar-refractivity contribution in [2.45, 2.75) is 0 Å². The number of benzene rings is 2. The van der Waals surface area contributed by atoms with Gasteiger partial charge < -0.3 is 10.2 Å². The summed E-state index contributed by atoms with van der Waals surface area (Å²) in [5, 5.41) is 19.6. The minimum Gasteiger partial charge on any atom is -0.507 e. The van der Waals surface area contributed by atoms with Gasteiger partial charge in [-0.15, -0.1) is 0 Å². The van der Waals surface area contributed by atoms with Crippen LogP contribution in [0.5, 0.6) is 0 Å². The van der Waals surface area contributed by atoms with Crippen molar-refractivity contribution in [2.24, 2.45) is 0 Å². The summed E-state index contributed by atoms with van der Waals surface area (Å²) < 4.78 is 0. The van der Waals surface area contributed by atoms with E-state index in [-0.39, 0.29) is 11.5 Å². The SMILES string of the molecule is O=C(/C=C(\O)c1ccccc1)C(=O)/C=C(\O)c1ccccc1. The maximum Gasteiger partial charge on any atom is 0.229 e. The summed E-state index contributed by atoms with van der Waals surface area (Å²) in [7, 11) is 0. The van der Waals surface area contributed by atoms with E-state index in [0.29, 0.717) is 11.1 Å². The van der Waals surface area contributed by atoms with Gasteiger partial charge in [0, 0.05) is 23.3 Å². The van der Waals surface area contributed by atoms with E-state index in [9.17, 15) is 19.8 Å². The molecule has 0 aliphatic rings. The molecule has 0 saturated heterocycles. The van der Waals surface area contributed by atoms with Gasteiger partial charge in [-0.2, -0.15) is 0 Å². The highest BCUT2D eigenvalue weighted by Gasteiger charge is 2.12. The highest BCUT2D eigenvalue weighted by Crippen LogP contribution is 2.12. The zero-order valence-electron chi connectivity index (χ0n) is 11.6.